The van der Waals surface area contributed by atoms with Gasteiger partial charge < -0.3 is 10.2 Å². The number of rotatable bonds is 4. The molecule has 0 radical (unpaired) electrons. The van der Waals surface area contributed by atoms with E-state index >= 15 is 0 Å². The molecule has 1 unspecified atom stereocenters. The van der Waals surface area contributed by atoms with Gasteiger partial charge in [0.2, 0.25) is 5.91 Å². The zero-order valence-electron chi connectivity index (χ0n) is 10.7. The van der Waals surface area contributed by atoms with Crippen LogP contribution in [0.1, 0.15) is 31.9 Å². The van der Waals surface area contributed by atoms with Gasteiger partial charge in [0.1, 0.15) is 0 Å². The Bertz CT molecular complexity index is 399. The van der Waals surface area contributed by atoms with Crippen LogP contribution in [0.25, 0.3) is 0 Å². The van der Waals surface area contributed by atoms with Gasteiger partial charge in [-0.05, 0) is 20.3 Å². The monoisotopic (exact) mass is 236 g/mol. The van der Waals surface area contributed by atoms with E-state index in [-0.39, 0.29) is 11.9 Å². The van der Waals surface area contributed by atoms with Gasteiger partial charge in [0.25, 0.3) is 0 Å². The van der Waals surface area contributed by atoms with Gasteiger partial charge in [-0.25, -0.2) is 0 Å². The molecule has 5 heteroatoms. The number of amides is 1. The lowest BCUT2D eigenvalue weighted by Crippen LogP contribution is -2.36. The highest BCUT2D eigenvalue weighted by molar-refractivity contribution is 5.83. The van der Waals surface area contributed by atoms with Gasteiger partial charge in [-0.15, -0.1) is 0 Å². The van der Waals surface area contributed by atoms with E-state index in [1.807, 2.05) is 24.1 Å². The van der Waals surface area contributed by atoms with E-state index < -0.39 is 0 Å². The van der Waals surface area contributed by atoms with Gasteiger partial charge in [0.05, 0.1) is 12.2 Å². The largest absolute Gasteiger partial charge is 0.344 e. The average Bonchev–Trinajstić information content (AvgIpc) is 2.86. The summed E-state index contributed by atoms with van der Waals surface area (Å²) in [7, 11) is 1.85. The molecule has 17 heavy (non-hydrogen) atoms. The maximum atomic E-state index is 11.7. The molecule has 0 aromatic carbocycles. The number of hydrogen-bond acceptors (Lipinski definition) is 3. The van der Waals surface area contributed by atoms with Crippen LogP contribution in [0.15, 0.2) is 12.4 Å². The summed E-state index contributed by atoms with van der Waals surface area (Å²) in [6, 6.07) is 0.352. The smallest absolute Gasteiger partial charge is 0.239 e. The summed E-state index contributed by atoms with van der Waals surface area (Å²) >= 11 is 0. The lowest BCUT2D eigenvalue weighted by atomic mass is 10.2. The van der Waals surface area contributed by atoms with Crippen LogP contribution in [0.4, 0.5) is 0 Å². The molecule has 1 amide bonds. The Morgan fingerprint density at radius 1 is 1.59 bits per heavy atom. The molecule has 1 aliphatic rings. The zero-order valence-corrected chi connectivity index (χ0v) is 10.7. The van der Waals surface area contributed by atoms with Gasteiger partial charge in [0, 0.05) is 37.9 Å². The predicted octanol–water partition coefficient (Wildman–Crippen LogP) is 0.784. The van der Waals surface area contributed by atoms with Crippen LogP contribution >= 0.6 is 0 Å². The normalized spacial score (nSPS) is 20.6. The van der Waals surface area contributed by atoms with E-state index in [9.17, 15) is 4.79 Å². The van der Waals surface area contributed by atoms with Crippen molar-refractivity contribution in [2.75, 3.05) is 13.6 Å². The number of likely N-dealkylation sites (N-methyl/N-ethyl adjacent to an activating group) is 1. The van der Waals surface area contributed by atoms with Gasteiger partial charge in [-0.2, -0.15) is 5.10 Å². The van der Waals surface area contributed by atoms with E-state index in [1.165, 1.54) is 0 Å². The molecule has 1 saturated heterocycles. The van der Waals surface area contributed by atoms with Crippen LogP contribution in [0.3, 0.4) is 0 Å². The van der Waals surface area contributed by atoms with E-state index in [0.29, 0.717) is 12.6 Å². The predicted molar refractivity (Wildman–Crippen MR) is 65.5 cm³/mol. The standard InChI is InChI=1S/C12H20N4O/c1-9(2)16-8-10(7-14-16)6-13-11-4-5-15(3)12(11)17/h7-9,11,13H,4-6H2,1-3H3. The summed E-state index contributed by atoms with van der Waals surface area (Å²) < 4.78 is 1.93. The van der Waals surface area contributed by atoms with E-state index in [0.717, 1.165) is 18.5 Å². The topological polar surface area (TPSA) is 50.2 Å². The highest BCUT2D eigenvalue weighted by Crippen LogP contribution is 2.10. The Morgan fingerprint density at radius 3 is 2.88 bits per heavy atom. The Labute approximate surface area is 102 Å². The van der Waals surface area contributed by atoms with Crippen molar-refractivity contribution in [3.8, 4) is 0 Å². The van der Waals surface area contributed by atoms with Crippen molar-refractivity contribution in [2.24, 2.45) is 0 Å². The van der Waals surface area contributed by atoms with Crippen molar-refractivity contribution in [1.82, 2.24) is 20.0 Å². The number of likely N-dealkylation sites (tertiary alicyclic amines) is 1. The lowest BCUT2D eigenvalue weighted by Gasteiger charge is -2.11. The Morgan fingerprint density at radius 2 is 2.35 bits per heavy atom. The molecule has 1 aliphatic heterocycles. The van der Waals surface area contributed by atoms with Crippen LogP contribution < -0.4 is 5.32 Å². The summed E-state index contributed by atoms with van der Waals surface area (Å²) in [6.45, 7) is 5.75. The summed E-state index contributed by atoms with van der Waals surface area (Å²) in [4.78, 5) is 13.5. The van der Waals surface area contributed by atoms with Crippen molar-refractivity contribution >= 4 is 5.91 Å². The Hall–Kier alpha value is -1.36. The van der Waals surface area contributed by atoms with E-state index in [2.05, 4.69) is 24.3 Å². The summed E-state index contributed by atoms with van der Waals surface area (Å²) in [5.41, 5.74) is 1.13. The third kappa shape index (κ3) is 2.66. The van der Waals surface area contributed by atoms with Gasteiger partial charge >= 0.3 is 0 Å². The quantitative estimate of drug-likeness (QED) is 0.840. The highest BCUT2D eigenvalue weighted by atomic mass is 16.2. The van der Waals surface area contributed by atoms with Gasteiger partial charge in [-0.1, -0.05) is 0 Å². The first-order valence-corrected chi connectivity index (χ1v) is 6.09. The minimum atomic E-state index is -0.0256. The molecule has 2 heterocycles. The van der Waals surface area contributed by atoms with Crippen molar-refractivity contribution in [3.05, 3.63) is 18.0 Å². The molecular formula is C12H20N4O. The first kappa shape index (κ1) is 12.1. The molecule has 2 rings (SSSR count). The van der Waals surface area contributed by atoms with Crippen LogP contribution in [-0.4, -0.2) is 40.2 Å². The molecular weight excluding hydrogens is 216 g/mol. The number of carbonyl (C=O) groups is 1. The molecule has 0 bridgehead atoms. The molecule has 94 valence electrons. The number of hydrogen-bond donors (Lipinski definition) is 1. The van der Waals surface area contributed by atoms with Crippen molar-refractivity contribution in [1.29, 1.82) is 0 Å². The maximum absolute atomic E-state index is 11.7. The van der Waals surface area contributed by atoms with Gasteiger partial charge in [-0.3, -0.25) is 9.48 Å². The zero-order chi connectivity index (χ0) is 12.4. The SMILES string of the molecule is CC(C)n1cc(CNC2CCN(C)C2=O)cn1. The van der Waals surface area contributed by atoms with Crippen molar-refractivity contribution in [3.63, 3.8) is 0 Å². The first-order chi connectivity index (χ1) is 8.08. The van der Waals surface area contributed by atoms with Crippen molar-refractivity contribution in [2.45, 2.75) is 38.9 Å². The Kier molecular flexibility index (Phi) is 3.47. The molecule has 0 spiro atoms. The maximum Gasteiger partial charge on any atom is 0.239 e. The third-order valence-corrected chi connectivity index (χ3v) is 3.16. The number of nitrogens with zero attached hydrogens (tertiary/aromatic N) is 3. The molecule has 1 aromatic heterocycles. The van der Waals surface area contributed by atoms with E-state index in [4.69, 9.17) is 0 Å². The summed E-state index contributed by atoms with van der Waals surface area (Å²) in [5, 5.41) is 7.56. The first-order valence-electron chi connectivity index (χ1n) is 6.09. The number of nitrogens with one attached hydrogen (secondary N) is 1. The number of aromatic nitrogens is 2. The summed E-state index contributed by atoms with van der Waals surface area (Å²) in [5.74, 6) is 0.196. The van der Waals surface area contributed by atoms with Crippen molar-refractivity contribution < 1.29 is 4.79 Å². The fourth-order valence-corrected chi connectivity index (χ4v) is 2.00. The van der Waals surface area contributed by atoms with Crippen LogP contribution in [0.2, 0.25) is 0 Å². The molecule has 1 aromatic rings. The Balaban J connectivity index is 1.87. The second-order valence-corrected chi connectivity index (χ2v) is 4.90. The number of carbonyl (C=O) groups excluding carboxylic acids is 1. The van der Waals surface area contributed by atoms with Crippen LogP contribution in [0, 0.1) is 0 Å². The third-order valence-electron chi connectivity index (χ3n) is 3.16. The lowest BCUT2D eigenvalue weighted by molar-refractivity contribution is -0.128. The van der Waals surface area contributed by atoms with Gasteiger partial charge in [0.15, 0.2) is 0 Å². The molecule has 1 fully saturated rings. The molecule has 0 saturated carbocycles. The molecule has 5 nitrogen and oxygen atoms in total. The molecule has 1 N–H and O–H groups in total. The molecule has 0 aliphatic carbocycles. The summed E-state index contributed by atoms with van der Waals surface area (Å²) in [6.07, 6.45) is 4.78. The minimum Gasteiger partial charge on any atom is -0.344 e. The minimum absolute atomic E-state index is 0.0256. The van der Waals surface area contributed by atoms with Crippen LogP contribution in [-0.2, 0) is 11.3 Å². The van der Waals surface area contributed by atoms with Crippen LogP contribution in [0.5, 0.6) is 0 Å². The fourth-order valence-electron chi connectivity index (χ4n) is 2.00. The molecule has 1 atom stereocenters. The average molecular weight is 236 g/mol. The second-order valence-electron chi connectivity index (χ2n) is 4.90. The van der Waals surface area contributed by atoms with E-state index in [1.54, 1.807) is 4.90 Å². The fraction of sp³-hybridized carbons (Fsp3) is 0.667. The second kappa shape index (κ2) is 4.87. The highest BCUT2D eigenvalue weighted by Gasteiger charge is 2.28.